The van der Waals surface area contributed by atoms with Gasteiger partial charge in [0.25, 0.3) is 0 Å². The molecule has 2 aromatic rings. The Morgan fingerprint density at radius 3 is 2.48 bits per heavy atom. The molecule has 1 aromatic heterocycles. The highest BCUT2D eigenvalue weighted by molar-refractivity contribution is 5.85. The first kappa shape index (κ1) is 23.2. The maximum atomic E-state index is 13.2. The minimum absolute atomic E-state index is 0. The van der Waals surface area contributed by atoms with Crippen LogP contribution in [-0.2, 0) is 11.2 Å². The molecule has 0 radical (unpaired) electrons. The number of tetrazole rings is 1. The highest BCUT2D eigenvalue weighted by Gasteiger charge is 2.24. The zero-order valence-corrected chi connectivity index (χ0v) is 17.6. The van der Waals surface area contributed by atoms with E-state index in [0.717, 1.165) is 12.1 Å². The van der Waals surface area contributed by atoms with E-state index in [9.17, 15) is 9.18 Å². The molecule has 3 rings (SSSR count). The SMILES string of the molecule is Cc1nnnn1C(Cc1ccc(F)cc1)C(=O)NCCNC1CCCCCC1.Cl. The van der Waals surface area contributed by atoms with Gasteiger partial charge in [0.15, 0.2) is 0 Å². The summed E-state index contributed by atoms with van der Waals surface area (Å²) in [6.07, 6.45) is 8.03. The van der Waals surface area contributed by atoms with E-state index in [1.807, 2.05) is 0 Å². The lowest BCUT2D eigenvalue weighted by molar-refractivity contribution is -0.124. The van der Waals surface area contributed by atoms with Crippen molar-refractivity contribution in [2.75, 3.05) is 13.1 Å². The van der Waals surface area contributed by atoms with Crippen molar-refractivity contribution >= 4 is 18.3 Å². The monoisotopic (exact) mass is 424 g/mol. The van der Waals surface area contributed by atoms with E-state index in [-0.39, 0.29) is 24.1 Å². The molecule has 29 heavy (non-hydrogen) atoms. The van der Waals surface area contributed by atoms with Gasteiger partial charge in [-0.1, -0.05) is 37.8 Å². The van der Waals surface area contributed by atoms with Gasteiger partial charge in [0, 0.05) is 25.6 Å². The highest BCUT2D eigenvalue weighted by Crippen LogP contribution is 2.17. The Bertz CT molecular complexity index is 746. The molecule has 1 amide bonds. The van der Waals surface area contributed by atoms with Crippen LogP contribution in [-0.4, -0.2) is 45.2 Å². The van der Waals surface area contributed by atoms with Gasteiger partial charge in [0.05, 0.1) is 0 Å². The second kappa shape index (κ2) is 11.8. The predicted molar refractivity (Wildman–Crippen MR) is 111 cm³/mol. The number of hydrogen-bond acceptors (Lipinski definition) is 5. The largest absolute Gasteiger partial charge is 0.353 e. The summed E-state index contributed by atoms with van der Waals surface area (Å²) in [5.74, 6) is 0.133. The minimum atomic E-state index is -0.571. The number of nitrogens with one attached hydrogen (secondary N) is 2. The number of benzene rings is 1. The first-order chi connectivity index (χ1) is 13.6. The lowest BCUT2D eigenvalue weighted by atomic mass is 10.1. The van der Waals surface area contributed by atoms with E-state index in [1.54, 1.807) is 19.1 Å². The summed E-state index contributed by atoms with van der Waals surface area (Å²) in [6.45, 7) is 3.06. The molecule has 1 aliphatic rings. The van der Waals surface area contributed by atoms with Gasteiger partial charge in [-0.05, 0) is 47.9 Å². The van der Waals surface area contributed by atoms with Crippen molar-refractivity contribution in [1.29, 1.82) is 0 Å². The molecule has 1 atom stereocenters. The molecule has 0 saturated heterocycles. The van der Waals surface area contributed by atoms with Crippen LogP contribution in [0.1, 0.15) is 56.0 Å². The molecular formula is C20H30ClFN6O. The van der Waals surface area contributed by atoms with Crippen LogP contribution in [0.5, 0.6) is 0 Å². The van der Waals surface area contributed by atoms with Crippen molar-refractivity contribution in [1.82, 2.24) is 30.8 Å². The normalized spacial score (nSPS) is 15.9. The van der Waals surface area contributed by atoms with Crippen LogP contribution in [0.3, 0.4) is 0 Å². The van der Waals surface area contributed by atoms with Crippen molar-refractivity contribution in [2.45, 2.75) is 64.0 Å². The van der Waals surface area contributed by atoms with Gasteiger partial charge in [-0.25, -0.2) is 9.07 Å². The molecule has 0 aliphatic heterocycles. The van der Waals surface area contributed by atoms with Crippen LogP contribution < -0.4 is 10.6 Å². The first-order valence-corrected chi connectivity index (χ1v) is 10.1. The maximum Gasteiger partial charge on any atom is 0.245 e. The highest BCUT2D eigenvalue weighted by atomic mass is 35.5. The Balaban J connectivity index is 0.00000300. The number of hydrogen-bond donors (Lipinski definition) is 2. The lowest BCUT2D eigenvalue weighted by Gasteiger charge is -2.19. The average molecular weight is 425 g/mol. The molecule has 1 saturated carbocycles. The topological polar surface area (TPSA) is 84.7 Å². The third-order valence-corrected chi connectivity index (χ3v) is 5.31. The number of amides is 1. The molecule has 1 fully saturated rings. The predicted octanol–water partition coefficient (Wildman–Crippen LogP) is 2.75. The van der Waals surface area contributed by atoms with Crippen molar-refractivity contribution in [3.8, 4) is 0 Å². The number of aromatic nitrogens is 4. The summed E-state index contributed by atoms with van der Waals surface area (Å²) < 4.78 is 14.7. The molecule has 2 N–H and O–H groups in total. The molecule has 9 heteroatoms. The number of carbonyl (C=O) groups excluding carboxylic acids is 1. The van der Waals surface area contributed by atoms with Crippen LogP contribution >= 0.6 is 12.4 Å². The van der Waals surface area contributed by atoms with Crippen molar-refractivity contribution in [2.24, 2.45) is 0 Å². The molecule has 1 aromatic carbocycles. The van der Waals surface area contributed by atoms with E-state index in [4.69, 9.17) is 0 Å². The zero-order chi connectivity index (χ0) is 19.8. The average Bonchev–Trinajstić information content (AvgIpc) is 2.95. The summed E-state index contributed by atoms with van der Waals surface area (Å²) >= 11 is 0. The van der Waals surface area contributed by atoms with Crippen LogP contribution in [0.2, 0.25) is 0 Å². The number of aryl methyl sites for hydroxylation is 1. The Hall–Kier alpha value is -2.06. The molecule has 1 aliphatic carbocycles. The smallest absolute Gasteiger partial charge is 0.245 e. The van der Waals surface area contributed by atoms with Crippen LogP contribution in [0.25, 0.3) is 0 Å². The molecule has 160 valence electrons. The van der Waals surface area contributed by atoms with E-state index < -0.39 is 6.04 Å². The fraction of sp³-hybridized carbons (Fsp3) is 0.600. The van der Waals surface area contributed by atoms with E-state index in [1.165, 1.54) is 55.3 Å². The van der Waals surface area contributed by atoms with E-state index in [0.29, 0.717) is 24.8 Å². The van der Waals surface area contributed by atoms with E-state index in [2.05, 4.69) is 26.2 Å². The molecule has 1 unspecified atom stereocenters. The molecular weight excluding hydrogens is 395 g/mol. The molecule has 0 spiro atoms. The standard InChI is InChI=1S/C20H29FN6O.ClH/c1-15-24-25-26-27(15)19(14-16-8-10-17(21)11-9-16)20(28)23-13-12-22-18-6-4-2-3-5-7-18;/h8-11,18-19,22H,2-7,12-14H2,1H3,(H,23,28);1H. The van der Waals surface area contributed by atoms with Crippen molar-refractivity contribution < 1.29 is 9.18 Å². The van der Waals surface area contributed by atoms with Crippen LogP contribution in [0.4, 0.5) is 4.39 Å². The maximum absolute atomic E-state index is 13.2. The van der Waals surface area contributed by atoms with Crippen molar-refractivity contribution in [3.05, 3.63) is 41.5 Å². The lowest BCUT2D eigenvalue weighted by Crippen LogP contribution is -2.40. The van der Waals surface area contributed by atoms with Gasteiger partial charge < -0.3 is 10.6 Å². The summed E-state index contributed by atoms with van der Waals surface area (Å²) in [6, 6.07) is 6.14. The zero-order valence-electron chi connectivity index (χ0n) is 16.8. The third-order valence-electron chi connectivity index (χ3n) is 5.31. The Morgan fingerprint density at radius 1 is 1.17 bits per heavy atom. The summed E-state index contributed by atoms with van der Waals surface area (Å²) in [7, 11) is 0. The van der Waals surface area contributed by atoms with Crippen LogP contribution in [0.15, 0.2) is 24.3 Å². The number of rotatable bonds is 8. The Morgan fingerprint density at radius 2 is 1.86 bits per heavy atom. The van der Waals surface area contributed by atoms with Gasteiger partial charge >= 0.3 is 0 Å². The number of halogens is 2. The van der Waals surface area contributed by atoms with Crippen LogP contribution in [0, 0.1) is 12.7 Å². The second-order valence-corrected chi connectivity index (χ2v) is 7.45. The Kier molecular flexibility index (Phi) is 9.47. The molecule has 7 nitrogen and oxygen atoms in total. The van der Waals surface area contributed by atoms with E-state index >= 15 is 0 Å². The third kappa shape index (κ3) is 7.04. The van der Waals surface area contributed by atoms with Gasteiger partial charge in [0.1, 0.15) is 17.7 Å². The fourth-order valence-electron chi connectivity index (χ4n) is 3.72. The summed E-state index contributed by atoms with van der Waals surface area (Å²) in [4.78, 5) is 12.8. The minimum Gasteiger partial charge on any atom is -0.353 e. The van der Waals surface area contributed by atoms with Gasteiger partial charge in [-0.2, -0.15) is 0 Å². The summed E-state index contributed by atoms with van der Waals surface area (Å²) in [5, 5.41) is 18.1. The fourth-order valence-corrected chi connectivity index (χ4v) is 3.72. The Labute approximate surface area is 177 Å². The van der Waals surface area contributed by atoms with Gasteiger partial charge in [-0.3, -0.25) is 4.79 Å². The second-order valence-electron chi connectivity index (χ2n) is 7.45. The van der Waals surface area contributed by atoms with Gasteiger partial charge in [-0.15, -0.1) is 17.5 Å². The van der Waals surface area contributed by atoms with Crippen molar-refractivity contribution in [3.63, 3.8) is 0 Å². The molecule has 0 bridgehead atoms. The quantitative estimate of drug-likeness (QED) is 0.502. The molecule has 1 heterocycles. The summed E-state index contributed by atoms with van der Waals surface area (Å²) in [5.41, 5.74) is 0.855. The number of nitrogens with zero attached hydrogens (tertiary/aromatic N) is 4. The van der Waals surface area contributed by atoms with Gasteiger partial charge in [0.2, 0.25) is 5.91 Å². The number of carbonyl (C=O) groups is 1. The first-order valence-electron chi connectivity index (χ1n) is 10.1.